The normalized spacial score (nSPS) is 22.3. The molecule has 1 fully saturated rings. The molecule has 1 saturated carbocycles. The zero-order valence-electron chi connectivity index (χ0n) is 14.9. The molecule has 0 aromatic carbocycles. The predicted octanol–water partition coefficient (Wildman–Crippen LogP) is 3.80. The highest BCUT2D eigenvalue weighted by Gasteiger charge is 2.23. The van der Waals surface area contributed by atoms with Crippen molar-refractivity contribution in [3.05, 3.63) is 0 Å². The average molecular weight is 425 g/mol. The van der Waals surface area contributed by atoms with E-state index in [9.17, 15) is 0 Å². The van der Waals surface area contributed by atoms with Crippen molar-refractivity contribution in [1.29, 1.82) is 0 Å². The highest BCUT2D eigenvalue weighted by atomic mass is 127. The third-order valence-electron chi connectivity index (χ3n) is 4.49. The van der Waals surface area contributed by atoms with Gasteiger partial charge in [-0.05, 0) is 57.3 Å². The van der Waals surface area contributed by atoms with E-state index in [0.29, 0.717) is 6.04 Å². The Bertz CT molecular complexity index is 290. The van der Waals surface area contributed by atoms with E-state index in [4.69, 9.17) is 4.74 Å². The lowest BCUT2D eigenvalue weighted by molar-refractivity contribution is 0.143. The SMILES string of the molecule is CCOCCCCNC(=NC)NC1CCC(C(C)C)CC1.I. The van der Waals surface area contributed by atoms with Gasteiger partial charge in [-0.2, -0.15) is 0 Å². The third kappa shape index (κ3) is 9.18. The third-order valence-corrected chi connectivity index (χ3v) is 4.49. The standard InChI is InChI=1S/C17H35N3O.HI/c1-5-21-13-7-6-12-19-17(18-4)20-16-10-8-15(9-11-16)14(2)3;/h14-16H,5-13H2,1-4H3,(H2,18,19,20);1H. The van der Waals surface area contributed by atoms with E-state index in [1.54, 1.807) is 0 Å². The Labute approximate surface area is 154 Å². The number of nitrogens with one attached hydrogen (secondary N) is 2. The van der Waals surface area contributed by atoms with Crippen LogP contribution in [0.5, 0.6) is 0 Å². The first kappa shape index (κ1) is 22.0. The van der Waals surface area contributed by atoms with Gasteiger partial charge in [0.1, 0.15) is 0 Å². The topological polar surface area (TPSA) is 45.6 Å². The van der Waals surface area contributed by atoms with E-state index < -0.39 is 0 Å². The molecule has 22 heavy (non-hydrogen) atoms. The molecule has 0 bridgehead atoms. The van der Waals surface area contributed by atoms with E-state index in [-0.39, 0.29) is 24.0 Å². The number of nitrogens with zero attached hydrogens (tertiary/aromatic N) is 1. The maximum Gasteiger partial charge on any atom is 0.191 e. The number of rotatable bonds is 8. The minimum atomic E-state index is 0. The highest BCUT2D eigenvalue weighted by Crippen LogP contribution is 2.29. The number of ether oxygens (including phenoxy) is 1. The van der Waals surface area contributed by atoms with Gasteiger partial charge in [0.2, 0.25) is 0 Å². The van der Waals surface area contributed by atoms with E-state index in [0.717, 1.165) is 50.4 Å². The van der Waals surface area contributed by atoms with Crippen LogP contribution in [0, 0.1) is 11.8 Å². The molecule has 0 unspecified atom stereocenters. The van der Waals surface area contributed by atoms with Crippen molar-refractivity contribution >= 4 is 29.9 Å². The van der Waals surface area contributed by atoms with Crippen LogP contribution in [0.1, 0.15) is 59.3 Å². The monoisotopic (exact) mass is 425 g/mol. The summed E-state index contributed by atoms with van der Waals surface area (Å²) in [5, 5.41) is 6.99. The summed E-state index contributed by atoms with van der Waals surface area (Å²) in [5.74, 6) is 2.70. The molecule has 132 valence electrons. The van der Waals surface area contributed by atoms with Crippen LogP contribution in [0.4, 0.5) is 0 Å². The first-order chi connectivity index (χ1) is 10.2. The zero-order chi connectivity index (χ0) is 15.5. The second kappa shape index (κ2) is 13.4. The zero-order valence-corrected chi connectivity index (χ0v) is 17.2. The lowest BCUT2D eigenvalue weighted by Gasteiger charge is -2.32. The van der Waals surface area contributed by atoms with Gasteiger partial charge in [0.25, 0.3) is 0 Å². The Kier molecular flexibility index (Phi) is 13.4. The number of guanidine groups is 1. The minimum absolute atomic E-state index is 0. The van der Waals surface area contributed by atoms with E-state index in [1.807, 2.05) is 14.0 Å². The van der Waals surface area contributed by atoms with Gasteiger partial charge >= 0.3 is 0 Å². The molecule has 4 nitrogen and oxygen atoms in total. The smallest absolute Gasteiger partial charge is 0.191 e. The number of aliphatic imine (C=N–C) groups is 1. The van der Waals surface area contributed by atoms with Gasteiger partial charge in [-0.1, -0.05) is 13.8 Å². The number of unbranched alkanes of at least 4 members (excludes halogenated alkanes) is 1. The van der Waals surface area contributed by atoms with Crippen molar-refractivity contribution in [2.45, 2.75) is 65.3 Å². The Hall–Kier alpha value is -0.0400. The van der Waals surface area contributed by atoms with Crippen molar-refractivity contribution in [1.82, 2.24) is 10.6 Å². The molecule has 0 aromatic heterocycles. The van der Waals surface area contributed by atoms with Gasteiger partial charge in [0, 0.05) is 32.8 Å². The number of halogens is 1. The molecule has 0 spiro atoms. The van der Waals surface area contributed by atoms with Crippen LogP contribution in [-0.4, -0.2) is 38.8 Å². The fourth-order valence-corrected chi connectivity index (χ4v) is 3.00. The second-order valence-corrected chi connectivity index (χ2v) is 6.40. The summed E-state index contributed by atoms with van der Waals surface area (Å²) in [5.41, 5.74) is 0. The summed E-state index contributed by atoms with van der Waals surface area (Å²) in [6.45, 7) is 9.38. The molecule has 0 amide bonds. The maximum absolute atomic E-state index is 5.34. The van der Waals surface area contributed by atoms with Gasteiger partial charge in [0.15, 0.2) is 5.96 Å². The second-order valence-electron chi connectivity index (χ2n) is 6.40. The summed E-state index contributed by atoms with van der Waals surface area (Å²) in [4.78, 5) is 4.33. The van der Waals surface area contributed by atoms with Crippen LogP contribution in [0.3, 0.4) is 0 Å². The summed E-state index contributed by atoms with van der Waals surface area (Å²) < 4.78 is 5.34. The lowest BCUT2D eigenvalue weighted by atomic mass is 9.80. The minimum Gasteiger partial charge on any atom is -0.382 e. The van der Waals surface area contributed by atoms with Gasteiger partial charge in [-0.25, -0.2) is 0 Å². The highest BCUT2D eigenvalue weighted by molar-refractivity contribution is 14.0. The van der Waals surface area contributed by atoms with Gasteiger partial charge < -0.3 is 15.4 Å². The van der Waals surface area contributed by atoms with Gasteiger partial charge in [-0.3, -0.25) is 4.99 Å². The molecule has 0 atom stereocenters. The van der Waals surface area contributed by atoms with Crippen LogP contribution in [-0.2, 0) is 4.74 Å². The molecule has 0 aliphatic heterocycles. The first-order valence-corrected chi connectivity index (χ1v) is 8.72. The molecule has 5 heteroatoms. The molecule has 1 aliphatic carbocycles. The maximum atomic E-state index is 5.34. The molecule has 1 rings (SSSR count). The fourth-order valence-electron chi connectivity index (χ4n) is 3.00. The van der Waals surface area contributed by atoms with Crippen LogP contribution >= 0.6 is 24.0 Å². The Morgan fingerprint density at radius 2 is 1.86 bits per heavy atom. The van der Waals surface area contributed by atoms with Gasteiger partial charge in [0.05, 0.1) is 0 Å². The van der Waals surface area contributed by atoms with Gasteiger partial charge in [-0.15, -0.1) is 24.0 Å². The molecule has 1 aliphatic rings. The quantitative estimate of drug-likeness (QED) is 0.269. The summed E-state index contributed by atoms with van der Waals surface area (Å²) >= 11 is 0. The summed E-state index contributed by atoms with van der Waals surface area (Å²) in [7, 11) is 1.86. The van der Waals surface area contributed by atoms with Crippen LogP contribution in [0.15, 0.2) is 4.99 Å². The fraction of sp³-hybridized carbons (Fsp3) is 0.941. The molecule has 0 saturated heterocycles. The van der Waals surface area contributed by atoms with E-state index in [1.165, 1.54) is 25.7 Å². The van der Waals surface area contributed by atoms with E-state index >= 15 is 0 Å². The number of hydrogen-bond donors (Lipinski definition) is 2. The Morgan fingerprint density at radius 1 is 1.18 bits per heavy atom. The average Bonchev–Trinajstić information content (AvgIpc) is 2.50. The predicted molar refractivity (Wildman–Crippen MR) is 106 cm³/mol. The largest absolute Gasteiger partial charge is 0.382 e. The van der Waals surface area contributed by atoms with Crippen molar-refractivity contribution in [2.24, 2.45) is 16.8 Å². The molecule has 0 radical (unpaired) electrons. The Morgan fingerprint density at radius 3 is 2.41 bits per heavy atom. The first-order valence-electron chi connectivity index (χ1n) is 8.72. The Balaban J connectivity index is 0.00000441. The number of hydrogen-bond acceptors (Lipinski definition) is 2. The van der Waals surface area contributed by atoms with E-state index in [2.05, 4.69) is 29.5 Å². The molecule has 0 heterocycles. The molecule has 2 N–H and O–H groups in total. The van der Waals surface area contributed by atoms with Crippen molar-refractivity contribution in [3.63, 3.8) is 0 Å². The van der Waals surface area contributed by atoms with Crippen molar-refractivity contribution in [3.8, 4) is 0 Å². The summed E-state index contributed by atoms with van der Waals surface area (Å²) in [6.07, 6.45) is 7.47. The van der Waals surface area contributed by atoms with Crippen molar-refractivity contribution < 1.29 is 4.74 Å². The molecular weight excluding hydrogens is 389 g/mol. The van der Waals surface area contributed by atoms with Crippen LogP contribution in [0.2, 0.25) is 0 Å². The lowest BCUT2D eigenvalue weighted by Crippen LogP contribution is -2.45. The van der Waals surface area contributed by atoms with Crippen molar-refractivity contribution in [2.75, 3.05) is 26.8 Å². The summed E-state index contributed by atoms with van der Waals surface area (Å²) in [6, 6.07) is 0.592. The molecule has 0 aromatic rings. The van der Waals surface area contributed by atoms with Crippen LogP contribution in [0.25, 0.3) is 0 Å². The van der Waals surface area contributed by atoms with Crippen LogP contribution < -0.4 is 10.6 Å². The molecular formula is C17H36IN3O.